The zero-order valence-electron chi connectivity index (χ0n) is 22.4. The molecule has 2 saturated heterocycles. The second kappa shape index (κ2) is 11.2. The fourth-order valence-electron chi connectivity index (χ4n) is 5.22. The second-order valence-electron chi connectivity index (χ2n) is 10.5. The number of hydrogen-bond acceptors (Lipinski definition) is 2. The third-order valence-corrected chi connectivity index (χ3v) is 7.67. The van der Waals surface area contributed by atoms with Crippen LogP contribution in [0, 0.1) is 5.82 Å². The molecule has 2 aromatic carbocycles. The fraction of sp³-hybridized carbons (Fsp3) is 0.481. The van der Waals surface area contributed by atoms with Gasteiger partial charge in [0.1, 0.15) is 5.82 Å². The van der Waals surface area contributed by atoms with E-state index in [0.717, 1.165) is 11.9 Å². The predicted molar refractivity (Wildman–Crippen MR) is 134 cm³/mol. The Kier molecular flexibility index (Phi) is 8.35. The van der Waals surface area contributed by atoms with Crippen LogP contribution in [0.2, 0.25) is 0 Å². The number of urea groups is 2. The minimum atomic E-state index is -5.12. The average Bonchev–Trinajstić information content (AvgIpc) is 3.36. The van der Waals surface area contributed by atoms with Crippen molar-refractivity contribution in [2.75, 3.05) is 45.2 Å². The predicted octanol–water partition coefficient (Wildman–Crippen LogP) is 6.67. The van der Waals surface area contributed by atoms with Gasteiger partial charge in [-0.15, -0.1) is 0 Å². The summed E-state index contributed by atoms with van der Waals surface area (Å²) in [6, 6.07) is 3.65. The lowest BCUT2D eigenvalue weighted by molar-refractivity contribution is -0.143. The Morgan fingerprint density at radius 3 is 1.86 bits per heavy atom. The van der Waals surface area contributed by atoms with Gasteiger partial charge in [-0.1, -0.05) is 12.1 Å². The number of likely N-dealkylation sites (N-methyl/N-ethyl adjacent to an activating group) is 1. The van der Waals surface area contributed by atoms with Crippen molar-refractivity contribution in [3.8, 4) is 0 Å². The van der Waals surface area contributed by atoms with Gasteiger partial charge < -0.3 is 14.7 Å². The number of nitrogens with zero attached hydrogens (tertiary/aromatic N) is 4. The van der Waals surface area contributed by atoms with Crippen molar-refractivity contribution < 1.29 is 49.1 Å². The Morgan fingerprint density at radius 1 is 0.833 bits per heavy atom. The highest BCUT2D eigenvalue weighted by Gasteiger charge is 2.44. The summed E-state index contributed by atoms with van der Waals surface area (Å²) in [7, 11) is 2.31. The molecule has 6 nitrogen and oxygen atoms in total. The molecule has 2 fully saturated rings. The van der Waals surface area contributed by atoms with Crippen LogP contribution in [0.4, 0.5) is 54.8 Å². The lowest BCUT2D eigenvalue weighted by atomic mass is 9.93. The zero-order valence-corrected chi connectivity index (χ0v) is 22.4. The highest BCUT2D eigenvalue weighted by atomic mass is 19.4. The molecule has 2 aliphatic rings. The van der Waals surface area contributed by atoms with Gasteiger partial charge in [0.25, 0.3) is 5.92 Å². The number of rotatable bonds is 3. The molecule has 230 valence electrons. The van der Waals surface area contributed by atoms with Crippen LogP contribution >= 0.6 is 0 Å². The van der Waals surface area contributed by atoms with Gasteiger partial charge in [0.15, 0.2) is 0 Å². The summed E-state index contributed by atoms with van der Waals surface area (Å²) in [5.74, 6) is -4.08. The van der Waals surface area contributed by atoms with E-state index in [1.54, 1.807) is 0 Å². The van der Waals surface area contributed by atoms with Crippen molar-refractivity contribution in [2.45, 2.75) is 43.1 Å². The minimum absolute atomic E-state index is 0.00510. The van der Waals surface area contributed by atoms with Crippen LogP contribution in [0.15, 0.2) is 42.5 Å². The summed E-state index contributed by atoms with van der Waals surface area (Å²) in [6.07, 6.45) is -11.3. The van der Waals surface area contributed by atoms with Gasteiger partial charge in [0.2, 0.25) is 0 Å². The molecule has 0 aromatic heterocycles. The zero-order chi connectivity index (χ0) is 31.2. The molecule has 2 aliphatic heterocycles. The van der Waals surface area contributed by atoms with E-state index in [0.29, 0.717) is 22.6 Å². The van der Waals surface area contributed by atoms with Gasteiger partial charge in [-0.05, 0) is 35.9 Å². The van der Waals surface area contributed by atoms with Crippen LogP contribution in [0.3, 0.4) is 0 Å². The van der Waals surface area contributed by atoms with Crippen LogP contribution in [-0.4, -0.2) is 79.0 Å². The molecule has 2 heterocycles. The maximum absolute atomic E-state index is 13.6. The molecule has 2 atom stereocenters. The van der Waals surface area contributed by atoms with Crippen LogP contribution in [-0.2, 0) is 12.4 Å². The molecule has 0 N–H and O–H groups in total. The van der Waals surface area contributed by atoms with Crippen LogP contribution in [0.1, 0.15) is 35.4 Å². The van der Waals surface area contributed by atoms with Crippen LogP contribution in [0.5, 0.6) is 0 Å². The van der Waals surface area contributed by atoms with E-state index >= 15 is 0 Å². The number of carbonyl (C=O) groups excluding carboxylic acids is 2. The van der Waals surface area contributed by atoms with E-state index in [-0.39, 0.29) is 32.2 Å². The molecule has 42 heavy (non-hydrogen) atoms. The number of amides is 4. The third-order valence-electron chi connectivity index (χ3n) is 7.67. The number of hydrogen-bond donors (Lipinski definition) is 0. The Balaban J connectivity index is 1.62. The largest absolute Gasteiger partial charge is 0.416 e. The van der Waals surface area contributed by atoms with Gasteiger partial charge in [0.05, 0.1) is 17.2 Å². The van der Waals surface area contributed by atoms with Gasteiger partial charge in [-0.25, -0.2) is 22.8 Å². The average molecular weight is 611 g/mol. The number of likely N-dealkylation sites (tertiary alicyclic amines) is 2. The molecule has 2 aromatic rings. The number of carbonyl (C=O) groups is 2. The Labute approximate surface area is 235 Å². The maximum atomic E-state index is 13.6. The lowest BCUT2D eigenvalue weighted by Gasteiger charge is -2.35. The molecule has 0 spiro atoms. The van der Waals surface area contributed by atoms with Gasteiger partial charge >= 0.3 is 24.4 Å². The maximum Gasteiger partial charge on any atom is 0.416 e. The molecule has 4 amide bonds. The first-order chi connectivity index (χ1) is 19.4. The SMILES string of the molecule is CN(C(=O)N(C)[C@@H]1CN(C(=O)N2CCC(F)(F)CC2)C[C@H]1c1ccc(F)cc1)c1cc(C(F)(F)F)cc(C(F)(F)F)c1. The van der Waals surface area contributed by atoms with Crippen molar-refractivity contribution in [1.29, 1.82) is 0 Å². The monoisotopic (exact) mass is 610 g/mol. The van der Waals surface area contributed by atoms with E-state index in [4.69, 9.17) is 0 Å². The highest BCUT2D eigenvalue weighted by molar-refractivity contribution is 5.92. The van der Waals surface area contributed by atoms with Gasteiger partial charge in [-0.2, -0.15) is 26.3 Å². The topological polar surface area (TPSA) is 47.1 Å². The Bertz CT molecular complexity index is 1270. The van der Waals surface area contributed by atoms with Gasteiger partial charge in [0, 0.05) is 64.7 Å². The molecular formula is C27H27F9N4O2. The van der Waals surface area contributed by atoms with Crippen molar-refractivity contribution in [3.63, 3.8) is 0 Å². The number of anilines is 1. The highest BCUT2D eigenvalue weighted by Crippen LogP contribution is 2.39. The van der Waals surface area contributed by atoms with Crippen LogP contribution < -0.4 is 4.90 Å². The van der Waals surface area contributed by atoms with E-state index in [1.165, 1.54) is 41.1 Å². The molecular weight excluding hydrogens is 583 g/mol. The second-order valence-corrected chi connectivity index (χ2v) is 10.5. The molecule has 4 rings (SSSR count). The van der Waals surface area contributed by atoms with E-state index in [2.05, 4.69) is 0 Å². The normalized spacial score (nSPS) is 20.9. The molecule has 0 bridgehead atoms. The molecule has 0 unspecified atom stereocenters. The molecule has 0 saturated carbocycles. The van der Waals surface area contributed by atoms with E-state index < -0.39 is 77.8 Å². The van der Waals surface area contributed by atoms with Crippen molar-refractivity contribution >= 4 is 17.7 Å². The summed E-state index contributed by atoms with van der Waals surface area (Å²) in [5, 5.41) is 0. The first-order valence-electron chi connectivity index (χ1n) is 12.8. The number of alkyl halides is 8. The first-order valence-corrected chi connectivity index (χ1v) is 12.8. The Hall–Kier alpha value is -3.65. The standard InChI is InChI=1S/C27H27F9N4O2/c1-37(20-12-17(26(31,32)33)11-18(13-20)27(34,35)36)23(41)38(2)22-15-40(14-21(22)16-3-5-19(28)6-4-16)24(42)39-9-7-25(29,30)8-10-39/h3-6,11-13,21-22H,7-10,14-15H2,1-2H3/t21-,22+/m0/s1. The van der Waals surface area contributed by atoms with Crippen LogP contribution in [0.25, 0.3) is 0 Å². The van der Waals surface area contributed by atoms with Crippen molar-refractivity contribution in [3.05, 3.63) is 65.0 Å². The summed E-state index contributed by atoms with van der Waals surface area (Å²) in [4.78, 5) is 31.0. The summed E-state index contributed by atoms with van der Waals surface area (Å²) in [6.45, 7) is -0.489. The van der Waals surface area contributed by atoms with E-state index in [1.807, 2.05) is 0 Å². The number of benzene rings is 2. The minimum Gasteiger partial charge on any atom is -0.324 e. The number of piperidine rings is 1. The summed E-state index contributed by atoms with van der Waals surface area (Å²) < 4.78 is 121. The summed E-state index contributed by atoms with van der Waals surface area (Å²) in [5.41, 5.74) is -3.33. The first kappa shape index (κ1) is 31.3. The quantitative estimate of drug-likeness (QED) is 0.365. The van der Waals surface area contributed by atoms with Crippen molar-refractivity contribution in [1.82, 2.24) is 14.7 Å². The molecule has 15 heteroatoms. The van der Waals surface area contributed by atoms with Crippen molar-refractivity contribution in [2.24, 2.45) is 0 Å². The number of halogens is 9. The van der Waals surface area contributed by atoms with E-state index in [9.17, 15) is 49.1 Å². The summed E-state index contributed by atoms with van der Waals surface area (Å²) >= 11 is 0. The lowest BCUT2D eigenvalue weighted by Crippen LogP contribution is -2.50. The molecule has 0 aliphatic carbocycles. The third kappa shape index (κ3) is 6.70. The molecule has 0 radical (unpaired) electrons. The fourth-order valence-corrected chi connectivity index (χ4v) is 5.22. The smallest absolute Gasteiger partial charge is 0.324 e. The van der Waals surface area contributed by atoms with Gasteiger partial charge in [-0.3, -0.25) is 4.90 Å². The Morgan fingerprint density at radius 2 is 1.36 bits per heavy atom.